The first-order valence-electron chi connectivity index (χ1n) is 7.98. The Morgan fingerprint density at radius 1 is 1.14 bits per heavy atom. The molecule has 1 aromatic carbocycles. The molecule has 2 N–H and O–H groups in total. The summed E-state index contributed by atoms with van der Waals surface area (Å²) in [6.45, 7) is 8.48. The molecular formula is C18H27N3. The van der Waals surface area contributed by atoms with E-state index in [1.165, 1.54) is 5.39 Å². The maximum Gasteiger partial charge on any atom is 0.129 e. The van der Waals surface area contributed by atoms with Gasteiger partial charge in [0.15, 0.2) is 0 Å². The quantitative estimate of drug-likeness (QED) is 0.837. The Hall–Kier alpha value is -1.61. The Labute approximate surface area is 128 Å². The highest BCUT2D eigenvalue weighted by Crippen LogP contribution is 2.30. The van der Waals surface area contributed by atoms with Crippen molar-refractivity contribution in [3.05, 3.63) is 36.4 Å². The molecule has 0 amide bonds. The van der Waals surface area contributed by atoms with Crippen molar-refractivity contribution >= 4 is 16.7 Å². The van der Waals surface area contributed by atoms with Crippen LogP contribution in [0.25, 0.3) is 10.9 Å². The minimum atomic E-state index is 0.115. The summed E-state index contributed by atoms with van der Waals surface area (Å²) >= 11 is 0. The second kappa shape index (κ2) is 6.90. The molecule has 0 saturated heterocycles. The van der Waals surface area contributed by atoms with Gasteiger partial charge >= 0.3 is 0 Å². The van der Waals surface area contributed by atoms with E-state index in [1.807, 2.05) is 6.07 Å². The zero-order valence-corrected chi connectivity index (χ0v) is 13.5. The largest absolute Gasteiger partial charge is 0.351 e. The van der Waals surface area contributed by atoms with Gasteiger partial charge in [-0.3, -0.25) is 0 Å². The number of nitrogens with zero attached hydrogens (tertiary/aromatic N) is 2. The van der Waals surface area contributed by atoms with Crippen LogP contribution in [-0.2, 0) is 0 Å². The highest BCUT2D eigenvalue weighted by atomic mass is 15.2. The van der Waals surface area contributed by atoms with E-state index in [4.69, 9.17) is 10.7 Å². The van der Waals surface area contributed by atoms with Crippen LogP contribution in [0.5, 0.6) is 0 Å². The van der Waals surface area contributed by atoms with Gasteiger partial charge in [-0.2, -0.15) is 0 Å². The number of anilines is 1. The topological polar surface area (TPSA) is 42.2 Å². The SMILES string of the molecule is CCN(c1ccc2ccccc2n1)C(C)(CC)CCCN. The third-order valence-electron chi connectivity index (χ3n) is 4.51. The Balaban J connectivity index is 2.37. The lowest BCUT2D eigenvalue weighted by Gasteiger charge is -2.41. The van der Waals surface area contributed by atoms with Gasteiger partial charge in [0.1, 0.15) is 5.82 Å². The van der Waals surface area contributed by atoms with Crippen LogP contribution in [0, 0.1) is 0 Å². The highest BCUT2D eigenvalue weighted by molar-refractivity contribution is 5.80. The van der Waals surface area contributed by atoms with Crippen molar-refractivity contribution in [3.63, 3.8) is 0 Å². The summed E-state index contributed by atoms with van der Waals surface area (Å²) in [5.41, 5.74) is 6.89. The van der Waals surface area contributed by atoms with Crippen molar-refractivity contribution in [2.75, 3.05) is 18.0 Å². The van der Waals surface area contributed by atoms with Gasteiger partial charge in [-0.25, -0.2) is 4.98 Å². The Kier molecular flexibility index (Phi) is 5.18. The van der Waals surface area contributed by atoms with E-state index < -0.39 is 0 Å². The van der Waals surface area contributed by atoms with Crippen LogP contribution in [0.1, 0.15) is 40.0 Å². The molecule has 0 aliphatic rings. The minimum Gasteiger partial charge on any atom is -0.351 e. The van der Waals surface area contributed by atoms with Crippen LogP contribution < -0.4 is 10.6 Å². The van der Waals surface area contributed by atoms with E-state index in [1.54, 1.807) is 0 Å². The zero-order valence-electron chi connectivity index (χ0n) is 13.5. The first-order valence-corrected chi connectivity index (χ1v) is 7.98. The molecule has 0 bridgehead atoms. The summed E-state index contributed by atoms with van der Waals surface area (Å²) in [4.78, 5) is 7.29. The van der Waals surface area contributed by atoms with Crippen LogP contribution in [-0.4, -0.2) is 23.6 Å². The Morgan fingerprint density at radius 3 is 2.57 bits per heavy atom. The van der Waals surface area contributed by atoms with E-state index in [0.29, 0.717) is 0 Å². The maximum absolute atomic E-state index is 5.71. The molecule has 0 aliphatic heterocycles. The summed E-state index contributed by atoms with van der Waals surface area (Å²) in [7, 11) is 0. The number of pyridine rings is 1. The second-order valence-corrected chi connectivity index (χ2v) is 5.85. The van der Waals surface area contributed by atoms with E-state index in [0.717, 1.165) is 43.7 Å². The van der Waals surface area contributed by atoms with Gasteiger partial charge in [0.25, 0.3) is 0 Å². The minimum absolute atomic E-state index is 0.115. The van der Waals surface area contributed by atoms with Gasteiger partial charge in [0, 0.05) is 17.5 Å². The van der Waals surface area contributed by atoms with Gasteiger partial charge in [0.2, 0.25) is 0 Å². The average Bonchev–Trinajstić information content (AvgIpc) is 2.53. The molecule has 114 valence electrons. The van der Waals surface area contributed by atoms with Crippen molar-refractivity contribution < 1.29 is 0 Å². The third-order valence-corrected chi connectivity index (χ3v) is 4.51. The number of benzene rings is 1. The maximum atomic E-state index is 5.71. The molecule has 3 nitrogen and oxygen atoms in total. The summed E-state index contributed by atoms with van der Waals surface area (Å²) in [6.07, 6.45) is 3.24. The number of rotatable bonds is 7. The lowest BCUT2D eigenvalue weighted by Crippen LogP contribution is -2.47. The molecule has 2 aromatic rings. The molecule has 0 fully saturated rings. The molecule has 1 unspecified atom stereocenters. The first-order chi connectivity index (χ1) is 10.1. The predicted octanol–water partition coefficient (Wildman–Crippen LogP) is 3.97. The summed E-state index contributed by atoms with van der Waals surface area (Å²) in [6, 6.07) is 12.6. The van der Waals surface area contributed by atoms with E-state index in [9.17, 15) is 0 Å². The van der Waals surface area contributed by atoms with Crippen LogP contribution in [0.4, 0.5) is 5.82 Å². The molecule has 0 aliphatic carbocycles. The summed E-state index contributed by atoms with van der Waals surface area (Å²) in [5, 5.41) is 1.19. The second-order valence-electron chi connectivity index (χ2n) is 5.85. The molecular weight excluding hydrogens is 258 g/mol. The number of nitrogens with two attached hydrogens (primary N) is 1. The fourth-order valence-electron chi connectivity index (χ4n) is 3.01. The molecule has 3 heteroatoms. The fourth-order valence-corrected chi connectivity index (χ4v) is 3.01. The summed E-state index contributed by atoms with van der Waals surface area (Å²) in [5.74, 6) is 1.07. The monoisotopic (exact) mass is 285 g/mol. The first kappa shape index (κ1) is 15.8. The van der Waals surface area contributed by atoms with Crippen LogP contribution in [0.3, 0.4) is 0 Å². The molecule has 0 spiro atoms. The van der Waals surface area contributed by atoms with Gasteiger partial charge < -0.3 is 10.6 Å². The van der Waals surface area contributed by atoms with E-state index >= 15 is 0 Å². The molecule has 1 aromatic heterocycles. The summed E-state index contributed by atoms with van der Waals surface area (Å²) < 4.78 is 0. The van der Waals surface area contributed by atoms with E-state index in [-0.39, 0.29) is 5.54 Å². The molecule has 0 radical (unpaired) electrons. The number of hydrogen-bond acceptors (Lipinski definition) is 3. The van der Waals surface area contributed by atoms with Crippen molar-refractivity contribution in [2.45, 2.75) is 45.6 Å². The molecule has 21 heavy (non-hydrogen) atoms. The van der Waals surface area contributed by atoms with Crippen molar-refractivity contribution in [3.8, 4) is 0 Å². The van der Waals surface area contributed by atoms with Gasteiger partial charge in [0.05, 0.1) is 5.52 Å². The fraction of sp³-hybridized carbons (Fsp3) is 0.500. The van der Waals surface area contributed by atoms with Crippen molar-refractivity contribution in [1.82, 2.24) is 4.98 Å². The molecule has 1 heterocycles. The number of fused-ring (bicyclic) bond motifs is 1. The van der Waals surface area contributed by atoms with Crippen molar-refractivity contribution in [1.29, 1.82) is 0 Å². The number of para-hydroxylation sites is 1. The standard InChI is InChI=1S/C18H27N3/c1-4-18(3,13-8-14-19)21(5-2)17-12-11-15-9-6-7-10-16(15)20-17/h6-7,9-12H,4-5,8,13-14,19H2,1-3H3. The molecule has 0 saturated carbocycles. The van der Waals surface area contributed by atoms with Crippen LogP contribution in [0.15, 0.2) is 36.4 Å². The van der Waals surface area contributed by atoms with Gasteiger partial charge in [-0.1, -0.05) is 25.1 Å². The number of aromatic nitrogens is 1. The molecule has 2 rings (SSSR count). The molecule has 1 atom stereocenters. The highest BCUT2D eigenvalue weighted by Gasteiger charge is 2.29. The van der Waals surface area contributed by atoms with E-state index in [2.05, 4.69) is 56.0 Å². The Morgan fingerprint density at radius 2 is 1.90 bits per heavy atom. The lowest BCUT2D eigenvalue weighted by molar-refractivity contribution is 0.372. The predicted molar refractivity (Wildman–Crippen MR) is 91.7 cm³/mol. The smallest absolute Gasteiger partial charge is 0.129 e. The number of hydrogen-bond donors (Lipinski definition) is 1. The Bertz CT molecular complexity index is 581. The normalized spacial score (nSPS) is 14.1. The van der Waals surface area contributed by atoms with Gasteiger partial charge in [-0.05, 0) is 57.9 Å². The van der Waals surface area contributed by atoms with Crippen molar-refractivity contribution in [2.24, 2.45) is 5.73 Å². The average molecular weight is 285 g/mol. The van der Waals surface area contributed by atoms with Gasteiger partial charge in [-0.15, -0.1) is 0 Å². The van der Waals surface area contributed by atoms with Crippen LogP contribution >= 0.6 is 0 Å². The zero-order chi connectivity index (χ0) is 15.3. The van der Waals surface area contributed by atoms with Crippen LogP contribution in [0.2, 0.25) is 0 Å². The lowest BCUT2D eigenvalue weighted by atomic mass is 9.90. The third kappa shape index (κ3) is 3.35.